The van der Waals surface area contributed by atoms with Crippen molar-refractivity contribution in [3.8, 4) is 22.9 Å². The second kappa shape index (κ2) is 9.81. The fraction of sp³-hybridized carbons (Fsp3) is 0.207. The third-order valence-corrected chi connectivity index (χ3v) is 6.56. The maximum atomic E-state index is 13.3. The van der Waals surface area contributed by atoms with E-state index in [0.717, 1.165) is 22.3 Å². The number of hydrogen-bond donors (Lipinski definition) is 2. The molecule has 0 saturated heterocycles. The molecule has 1 aliphatic rings. The van der Waals surface area contributed by atoms with Crippen LogP contribution in [0, 0.1) is 13.8 Å². The van der Waals surface area contributed by atoms with Crippen molar-refractivity contribution < 1.29 is 19.2 Å². The highest BCUT2D eigenvalue weighted by atomic mass is 16.5. The molecule has 0 radical (unpaired) electrons. The number of nitrogens with zero attached hydrogens (tertiary/aromatic N) is 3. The maximum Gasteiger partial charge on any atom is 0.322 e. The Kier molecular flexibility index (Phi) is 6.40. The second-order valence-corrected chi connectivity index (χ2v) is 9.17. The SMILES string of the molecule is COc1ccc(C2NC(=O)N(Cc3ccc(C)cc3)C(C)=C2c2nc(-c3ccc(C)cc3)no2)cc1O. The van der Waals surface area contributed by atoms with Crippen molar-refractivity contribution in [2.45, 2.75) is 33.4 Å². The normalized spacial score (nSPS) is 15.6. The van der Waals surface area contributed by atoms with E-state index >= 15 is 0 Å². The number of phenols is 1. The number of ether oxygens (including phenoxy) is 1. The van der Waals surface area contributed by atoms with Gasteiger partial charge in [-0.25, -0.2) is 4.79 Å². The highest BCUT2D eigenvalue weighted by molar-refractivity contribution is 5.87. The summed E-state index contributed by atoms with van der Waals surface area (Å²) >= 11 is 0. The van der Waals surface area contributed by atoms with E-state index in [-0.39, 0.29) is 11.8 Å². The molecule has 0 saturated carbocycles. The Hall–Kier alpha value is -4.59. The monoisotopic (exact) mass is 496 g/mol. The van der Waals surface area contributed by atoms with Gasteiger partial charge in [0.15, 0.2) is 11.5 Å². The summed E-state index contributed by atoms with van der Waals surface area (Å²) in [6, 6.07) is 20.1. The first kappa shape index (κ1) is 24.1. The third kappa shape index (κ3) is 4.78. The van der Waals surface area contributed by atoms with Crippen LogP contribution in [0.15, 0.2) is 77.0 Å². The van der Waals surface area contributed by atoms with Gasteiger partial charge in [0.05, 0.1) is 25.3 Å². The van der Waals surface area contributed by atoms with Gasteiger partial charge in [0.25, 0.3) is 5.89 Å². The standard InChI is InChI=1S/C29H28N4O4/c1-17-5-9-20(10-6-17)16-33-19(3)25(28-31-27(32-37-28)21-11-7-18(2)8-12-21)26(30-29(33)35)22-13-14-24(36-4)23(34)15-22/h5-15,26,34H,16H2,1-4H3,(H,30,35). The molecule has 1 atom stereocenters. The van der Waals surface area contributed by atoms with Gasteiger partial charge in [-0.2, -0.15) is 4.98 Å². The van der Waals surface area contributed by atoms with Crippen LogP contribution >= 0.6 is 0 Å². The van der Waals surface area contributed by atoms with E-state index in [1.807, 2.05) is 69.3 Å². The number of carbonyl (C=O) groups excluding carboxylic acids is 1. The van der Waals surface area contributed by atoms with Crippen molar-refractivity contribution in [2.24, 2.45) is 0 Å². The molecule has 2 heterocycles. The summed E-state index contributed by atoms with van der Waals surface area (Å²) < 4.78 is 10.9. The number of amides is 2. The summed E-state index contributed by atoms with van der Waals surface area (Å²) in [6.45, 7) is 6.29. The van der Waals surface area contributed by atoms with E-state index < -0.39 is 6.04 Å². The molecule has 8 nitrogen and oxygen atoms in total. The van der Waals surface area contributed by atoms with E-state index in [9.17, 15) is 9.90 Å². The molecule has 1 aliphatic heterocycles. The first-order valence-corrected chi connectivity index (χ1v) is 12.0. The van der Waals surface area contributed by atoms with Crippen LogP contribution in [0.5, 0.6) is 11.5 Å². The summed E-state index contributed by atoms with van der Waals surface area (Å²) in [5.41, 5.74) is 6.09. The number of urea groups is 1. The van der Waals surface area contributed by atoms with Crippen LogP contribution in [0.4, 0.5) is 4.79 Å². The zero-order valence-corrected chi connectivity index (χ0v) is 21.1. The van der Waals surface area contributed by atoms with Gasteiger partial charge in [0, 0.05) is 11.3 Å². The molecular weight excluding hydrogens is 468 g/mol. The number of aromatic nitrogens is 2. The number of benzene rings is 3. The molecule has 8 heteroatoms. The summed E-state index contributed by atoms with van der Waals surface area (Å²) in [7, 11) is 1.49. The van der Waals surface area contributed by atoms with Crippen molar-refractivity contribution in [1.82, 2.24) is 20.4 Å². The number of allylic oxidation sites excluding steroid dienone is 1. The largest absolute Gasteiger partial charge is 0.504 e. The van der Waals surface area contributed by atoms with Crippen LogP contribution in [-0.4, -0.2) is 33.3 Å². The lowest BCUT2D eigenvalue weighted by Gasteiger charge is -2.35. The highest BCUT2D eigenvalue weighted by Gasteiger charge is 2.36. The van der Waals surface area contributed by atoms with Crippen molar-refractivity contribution in [2.75, 3.05) is 7.11 Å². The topological polar surface area (TPSA) is 101 Å². The van der Waals surface area contributed by atoms with Gasteiger partial charge in [-0.15, -0.1) is 0 Å². The third-order valence-electron chi connectivity index (χ3n) is 6.56. The lowest BCUT2D eigenvalue weighted by Crippen LogP contribution is -2.45. The smallest absolute Gasteiger partial charge is 0.322 e. The predicted octanol–water partition coefficient (Wildman–Crippen LogP) is 5.77. The van der Waals surface area contributed by atoms with Crippen LogP contribution in [-0.2, 0) is 6.54 Å². The van der Waals surface area contributed by atoms with E-state index in [0.29, 0.717) is 40.8 Å². The molecule has 37 heavy (non-hydrogen) atoms. The first-order chi connectivity index (χ1) is 17.8. The van der Waals surface area contributed by atoms with Gasteiger partial charge in [-0.05, 0) is 44.0 Å². The minimum atomic E-state index is -0.620. The summed E-state index contributed by atoms with van der Waals surface area (Å²) in [4.78, 5) is 19.7. The number of aromatic hydroxyl groups is 1. The van der Waals surface area contributed by atoms with Gasteiger partial charge in [-0.1, -0.05) is 70.9 Å². The average molecular weight is 497 g/mol. The van der Waals surface area contributed by atoms with Crippen LogP contribution in [0.1, 0.15) is 41.1 Å². The lowest BCUT2D eigenvalue weighted by molar-refractivity contribution is 0.203. The zero-order chi connectivity index (χ0) is 26.1. The minimum absolute atomic E-state index is 0.0285. The Morgan fingerprint density at radius 2 is 1.68 bits per heavy atom. The number of hydrogen-bond acceptors (Lipinski definition) is 6. The van der Waals surface area contributed by atoms with Crippen LogP contribution in [0.25, 0.3) is 17.0 Å². The second-order valence-electron chi connectivity index (χ2n) is 9.17. The molecule has 2 amide bonds. The van der Waals surface area contributed by atoms with Gasteiger partial charge >= 0.3 is 6.03 Å². The van der Waals surface area contributed by atoms with Crippen molar-refractivity contribution in [3.05, 3.63) is 101 Å². The molecule has 4 aromatic rings. The van der Waals surface area contributed by atoms with Crippen molar-refractivity contribution in [1.29, 1.82) is 0 Å². The van der Waals surface area contributed by atoms with Gasteiger partial charge < -0.3 is 19.7 Å². The highest BCUT2D eigenvalue weighted by Crippen LogP contribution is 2.40. The Labute approximate surface area is 215 Å². The zero-order valence-electron chi connectivity index (χ0n) is 21.1. The fourth-order valence-electron chi connectivity index (χ4n) is 4.41. The molecule has 188 valence electrons. The Bertz CT molecular complexity index is 1470. The molecule has 3 aromatic carbocycles. The van der Waals surface area contributed by atoms with E-state index in [4.69, 9.17) is 14.2 Å². The molecule has 5 rings (SSSR count). The molecule has 1 unspecified atom stereocenters. The average Bonchev–Trinajstić information content (AvgIpc) is 3.37. The fourth-order valence-corrected chi connectivity index (χ4v) is 4.41. The van der Waals surface area contributed by atoms with Crippen LogP contribution in [0.2, 0.25) is 0 Å². The van der Waals surface area contributed by atoms with Crippen LogP contribution in [0.3, 0.4) is 0 Å². The summed E-state index contributed by atoms with van der Waals surface area (Å²) in [5, 5.41) is 17.7. The molecule has 1 aromatic heterocycles. The Morgan fingerprint density at radius 1 is 1.00 bits per heavy atom. The summed E-state index contributed by atoms with van der Waals surface area (Å²) in [5.74, 6) is 1.06. The number of aryl methyl sites for hydroxylation is 2. The molecule has 0 aliphatic carbocycles. The number of carbonyl (C=O) groups is 1. The van der Waals surface area contributed by atoms with Crippen LogP contribution < -0.4 is 10.1 Å². The molecule has 0 fully saturated rings. The van der Waals surface area contributed by atoms with E-state index in [2.05, 4.69) is 10.5 Å². The van der Waals surface area contributed by atoms with Gasteiger partial charge in [0.2, 0.25) is 5.82 Å². The molecular formula is C29H28N4O4. The molecule has 0 bridgehead atoms. The molecule has 0 spiro atoms. The Balaban J connectivity index is 1.60. The van der Waals surface area contributed by atoms with Crippen molar-refractivity contribution in [3.63, 3.8) is 0 Å². The summed E-state index contributed by atoms with van der Waals surface area (Å²) in [6.07, 6.45) is 0. The van der Waals surface area contributed by atoms with Gasteiger partial charge in [-0.3, -0.25) is 4.90 Å². The Morgan fingerprint density at radius 3 is 2.32 bits per heavy atom. The maximum absolute atomic E-state index is 13.3. The number of methoxy groups -OCH3 is 1. The van der Waals surface area contributed by atoms with Gasteiger partial charge in [0.1, 0.15) is 0 Å². The lowest BCUT2D eigenvalue weighted by atomic mass is 9.94. The number of phenolic OH excluding ortho intramolecular Hbond substituents is 1. The number of rotatable bonds is 6. The predicted molar refractivity (Wildman–Crippen MR) is 140 cm³/mol. The number of nitrogens with one attached hydrogen (secondary N) is 1. The van der Waals surface area contributed by atoms with E-state index in [1.165, 1.54) is 7.11 Å². The minimum Gasteiger partial charge on any atom is -0.504 e. The molecule has 2 N–H and O–H groups in total. The first-order valence-electron chi connectivity index (χ1n) is 12.0. The van der Waals surface area contributed by atoms with Crippen molar-refractivity contribution >= 4 is 11.6 Å². The van der Waals surface area contributed by atoms with E-state index in [1.54, 1.807) is 23.1 Å². The quantitative estimate of drug-likeness (QED) is 0.352.